The Morgan fingerprint density at radius 2 is 2.32 bits per heavy atom. The normalized spacial score (nSPS) is 20.9. The first-order chi connectivity index (χ1) is 9.16. The van der Waals surface area contributed by atoms with Gasteiger partial charge in [-0.25, -0.2) is 4.98 Å². The van der Waals surface area contributed by atoms with Crippen molar-refractivity contribution in [3.05, 3.63) is 39.6 Å². The molecule has 1 aliphatic heterocycles. The Hall–Kier alpha value is -1.13. The highest BCUT2D eigenvalue weighted by atomic mass is 32.1. The van der Waals surface area contributed by atoms with E-state index in [0.717, 1.165) is 6.54 Å². The lowest BCUT2D eigenvalue weighted by molar-refractivity contribution is 0.538. The Bertz CT molecular complexity index is 564. The average molecular weight is 275 g/mol. The van der Waals surface area contributed by atoms with Crippen molar-refractivity contribution < 1.29 is 0 Å². The van der Waals surface area contributed by atoms with E-state index in [0.29, 0.717) is 12.1 Å². The van der Waals surface area contributed by atoms with Crippen molar-refractivity contribution in [2.45, 2.75) is 45.7 Å². The Morgan fingerprint density at radius 3 is 2.95 bits per heavy atom. The highest BCUT2D eigenvalue weighted by molar-refractivity contribution is 7.12. The molecule has 3 rings (SSSR count). The van der Waals surface area contributed by atoms with Crippen LogP contribution in [0.5, 0.6) is 0 Å². The molecule has 0 spiro atoms. The molecule has 1 aliphatic rings. The topological polar surface area (TPSA) is 29.9 Å². The van der Waals surface area contributed by atoms with Gasteiger partial charge in [-0.15, -0.1) is 11.3 Å². The molecule has 2 atom stereocenters. The number of aryl methyl sites for hydroxylation is 2. The van der Waals surface area contributed by atoms with Gasteiger partial charge in [0.25, 0.3) is 0 Å². The monoisotopic (exact) mass is 275 g/mol. The van der Waals surface area contributed by atoms with Crippen LogP contribution >= 0.6 is 11.3 Å². The summed E-state index contributed by atoms with van der Waals surface area (Å²) in [6.07, 6.45) is 6.49. The summed E-state index contributed by atoms with van der Waals surface area (Å²) >= 11 is 1.88. The third kappa shape index (κ3) is 2.35. The van der Waals surface area contributed by atoms with Gasteiger partial charge in [-0.2, -0.15) is 0 Å². The van der Waals surface area contributed by atoms with Gasteiger partial charge in [0, 0.05) is 22.0 Å². The third-order valence-electron chi connectivity index (χ3n) is 4.06. The van der Waals surface area contributed by atoms with Gasteiger partial charge >= 0.3 is 0 Å². The van der Waals surface area contributed by atoms with Crippen molar-refractivity contribution >= 4 is 11.3 Å². The smallest absolute Gasteiger partial charge is 0.0954 e. The summed E-state index contributed by atoms with van der Waals surface area (Å²) in [6.45, 7) is 7.80. The summed E-state index contributed by atoms with van der Waals surface area (Å²) in [5.74, 6) is 0. The van der Waals surface area contributed by atoms with E-state index >= 15 is 0 Å². The summed E-state index contributed by atoms with van der Waals surface area (Å²) < 4.78 is 2.33. The predicted octanol–water partition coefficient (Wildman–Crippen LogP) is 3.60. The number of rotatable bonds is 3. The molecule has 2 aromatic rings. The van der Waals surface area contributed by atoms with Gasteiger partial charge in [-0.3, -0.25) is 0 Å². The Balaban J connectivity index is 1.93. The average Bonchev–Trinajstić information content (AvgIpc) is 3.06. The van der Waals surface area contributed by atoms with E-state index in [1.54, 1.807) is 0 Å². The van der Waals surface area contributed by atoms with Crippen LogP contribution < -0.4 is 5.32 Å². The van der Waals surface area contributed by atoms with Gasteiger partial charge in [0.2, 0.25) is 0 Å². The zero-order valence-corrected chi connectivity index (χ0v) is 12.6. The number of nitrogens with zero attached hydrogens (tertiary/aromatic N) is 2. The third-order valence-corrected chi connectivity index (χ3v) is 5.04. The molecule has 2 aromatic heterocycles. The fourth-order valence-electron chi connectivity index (χ4n) is 3.06. The molecule has 1 unspecified atom stereocenters. The largest absolute Gasteiger partial charge is 0.326 e. The maximum Gasteiger partial charge on any atom is 0.0954 e. The minimum Gasteiger partial charge on any atom is -0.326 e. The summed E-state index contributed by atoms with van der Waals surface area (Å²) in [4.78, 5) is 7.19. The van der Waals surface area contributed by atoms with E-state index in [2.05, 4.69) is 41.7 Å². The molecule has 0 amide bonds. The molecule has 1 saturated heterocycles. The van der Waals surface area contributed by atoms with Crippen LogP contribution in [0.4, 0.5) is 0 Å². The minimum atomic E-state index is 0.366. The highest BCUT2D eigenvalue weighted by Crippen LogP contribution is 2.32. The predicted molar refractivity (Wildman–Crippen MR) is 79.8 cm³/mol. The van der Waals surface area contributed by atoms with Crippen molar-refractivity contribution in [1.82, 2.24) is 14.9 Å². The first-order valence-electron chi connectivity index (χ1n) is 6.99. The standard InChI is InChI=1S/C15H21N3S/c1-10-7-13(12(3)19-10)11(2)18-9-16-8-15(18)14-5-4-6-17-14/h7-9,11,14,17H,4-6H2,1-3H3/t11?,14-/m0/s1. The molecule has 0 saturated carbocycles. The molecule has 19 heavy (non-hydrogen) atoms. The lowest BCUT2D eigenvalue weighted by Crippen LogP contribution is -2.19. The minimum absolute atomic E-state index is 0.366. The summed E-state index contributed by atoms with van der Waals surface area (Å²) in [5.41, 5.74) is 2.76. The van der Waals surface area contributed by atoms with E-state index in [1.807, 2.05) is 23.9 Å². The Morgan fingerprint density at radius 1 is 1.47 bits per heavy atom. The molecule has 0 bridgehead atoms. The van der Waals surface area contributed by atoms with Crippen LogP contribution in [0.25, 0.3) is 0 Å². The Labute approximate surface area is 118 Å². The summed E-state index contributed by atoms with van der Waals surface area (Å²) in [7, 11) is 0. The number of thiophene rings is 1. The van der Waals surface area contributed by atoms with E-state index < -0.39 is 0 Å². The van der Waals surface area contributed by atoms with E-state index in [9.17, 15) is 0 Å². The van der Waals surface area contributed by atoms with Gasteiger partial charge in [0.15, 0.2) is 0 Å². The molecular formula is C15H21N3S. The van der Waals surface area contributed by atoms with E-state index in [4.69, 9.17) is 0 Å². The van der Waals surface area contributed by atoms with Gasteiger partial charge < -0.3 is 9.88 Å². The van der Waals surface area contributed by atoms with Gasteiger partial charge in [0.05, 0.1) is 18.1 Å². The van der Waals surface area contributed by atoms with Crippen molar-refractivity contribution in [1.29, 1.82) is 0 Å². The second-order valence-electron chi connectivity index (χ2n) is 5.42. The maximum absolute atomic E-state index is 4.38. The molecule has 1 N–H and O–H groups in total. The van der Waals surface area contributed by atoms with E-state index in [-0.39, 0.29) is 0 Å². The molecular weight excluding hydrogens is 254 g/mol. The lowest BCUT2D eigenvalue weighted by atomic mass is 10.1. The maximum atomic E-state index is 4.38. The van der Waals surface area contributed by atoms with Crippen LogP contribution in [-0.4, -0.2) is 16.1 Å². The first-order valence-corrected chi connectivity index (χ1v) is 7.80. The van der Waals surface area contributed by atoms with Gasteiger partial charge in [0.1, 0.15) is 0 Å². The molecule has 0 aliphatic carbocycles. The number of nitrogens with one attached hydrogen (secondary N) is 1. The molecule has 3 heterocycles. The second kappa shape index (κ2) is 5.10. The van der Waals surface area contributed by atoms with Crippen molar-refractivity contribution in [2.24, 2.45) is 0 Å². The molecule has 1 fully saturated rings. The van der Waals surface area contributed by atoms with Crippen LogP contribution in [-0.2, 0) is 0 Å². The summed E-state index contributed by atoms with van der Waals surface area (Å²) in [5, 5.41) is 3.57. The van der Waals surface area contributed by atoms with Crippen LogP contribution in [0.1, 0.15) is 52.9 Å². The molecule has 102 valence electrons. The van der Waals surface area contributed by atoms with Gasteiger partial charge in [-0.1, -0.05) is 0 Å². The summed E-state index contributed by atoms with van der Waals surface area (Å²) in [6, 6.07) is 3.16. The fourth-order valence-corrected chi connectivity index (χ4v) is 4.08. The number of imidazole rings is 1. The number of hydrogen-bond donors (Lipinski definition) is 1. The molecule has 4 heteroatoms. The lowest BCUT2D eigenvalue weighted by Gasteiger charge is -2.20. The SMILES string of the molecule is Cc1cc(C(C)n2cncc2[C@@H]2CCCN2)c(C)s1. The van der Waals surface area contributed by atoms with Crippen LogP contribution in [0, 0.1) is 13.8 Å². The zero-order chi connectivity index (χ0) is 13.4. The molecule has 3 nitrogen and oxygen atoms in total. The van der Waals surface area contributed by atoms with Crippen LogP contribution in [0.3, 0.4) is 0 Å². The fraction of sp³-hybridized carbons (Fsp3) is 0.533. The van der Waals surface area contributed by atoms with Gasteiger partial charge in [-0.05, 0) is 51.8 Å². The second-order valence-corrected chi connectivity index (χ2v) is 6.88. The quantitative estimate of drug-likeness (QED) is 0.927. The zero-order valence-electron chi connectivity index (χ0n) is 11.8. The number of aromatic nitrogens is 2. The molecule has 0 radical (unpaired) electrons. The van der Waals surface area contributed by atoms with Crippen molar-refractivity contribution in [3.63, 3.8) is 0 Å². The van der Waals surface area contributed by atoms with Crippen molar-refractivity contribution in [2.75, 3.05) is 6.54 Å². The first kappa shape index (κ1) is 12.9. The van der Waals surface area contributed by atoms with Crippen LogP contribution in [0.15, 0.2) is 18.6 Å². The van der Waals surface area contributed by atoms with Crippen LogP contribution in [0.2, 0.25) is 0 Å². The van der Waals surface area contributed by atoms with E-state index in [1.165, 1.54) is 33.9 Å². The molecule has 0 aromatic carbocycles. The Kier molecular flexibility index (Phi) is 3.46. The van der Waals surface area contributed by atoms with Crippen molar-refractivity contribution in [3.8, 4) is 0 Å². The highest BCUT2D eigenvalue weighted by Gasteiger charge is 2.23. The number of hydrogen-bond acceptors (Lipinski definition) is 3.